The van der Waals surface area contributed by atoms with Crippen LogP contribution < -0.4 is 28.7 Å². The fourth-order valence-electron chi connectivity index (χ4n) is 14.6. The number of carbonyl (C=O) groups excluding carboxylic acids is 3. The normalized spacial score (nSPS) is 15.3. The Morgan fingerprint density at radius 1 is 0.365 bits per heavy atom. The van der Waals surface area contributed by atoms with Gasteiger partial charge in [-0.3, -0.25) is 19.3 Å². The van der Waals surface area contributed by atoms with E-state index in [4.69, 9.17) is 65.4 Å². The van der Waals surface area contributed by atoms with E-state index < -0.39 is 23.9 Å². The quantitative estimate of drug-likeness (QED) is 0.0174. The van der Waals surface area contributed by atoms with Crippen molar-refractivity contribution in [3.63, 3.8) is 0 Å². The number of ether oxygens (including phenoxy) is 4. The van der Waals surface area contributed by atoms with Crippen molar-refractivity contribution >= 4 is 119 Å². The summed E-state index contributed by atoms with van der Waals surface area (Å²) < 4.78 is 26.6. The maximum atomic E-state index is 15.5. The van der Waals surface area contributed by atoms with Crippen LogP contribution in [0.15, 0.2) is 48.5 Å². The van der Waals surface area contributed by atoms with Crippen molar-refractivity contribution in [2.75, 3.05) is 36.2 Å². The fraction of sp³-hybridized carbons (Fsp3) is 0.573. The first-order chi connectivity index (χ1) is 46.3. The molecule has 0 saturated carbocycles. The van der Waals surface area contributed by atoms with E-state index in [1.165, 1.54) is 138 Å². The van der Waals surface area contributed by atoms with Crippen LogP contribution in [-0.4, -0.2) is 49.3 Å². The predicted molar refractivity (Wildman–Crippen MR) is 404 cm³/mol. The molecule has 2 aliphatic rings. The SMILES string of the molecule is CCCCCCCCC(C)COc1cc(C)c(N2C(=O)c3cc(Cl)c4c5c(Cl)cc6c7c(cc(Cl)c(c8c(Cl)cc(c3c48)C2=O)c75)C(O)N(c2cc(OCC(C)CCCCCCCC)c(OCC(C)CCCCCCCC)cc2C)C6=O)cc1OCC(C)CCCCCCCC. The molecule has 2 heterocycles. The second-order valence-electron chi connectivity index (χ2n) is 28.7. The highest BCUT2D eigenvalue weighted by Gasteiger charge is 2.42. The molecule has 2 aliphatic heterocycles. The van der Waals surface area contributed by atoms with Crippen LogP contribution in [0.5, 0.6) is 23.0 Å². The monoisotopic (exact) mass is 1390 g/mol. The lowest BCUT2D eigenvalue weighted by Gasteiger charge is -2.36. The predicted octanol–water partition coefficient (Wildman–Crippen LogP) is 25.5. The summed E-state index contributed by atoms with van der Waals surface area (Å²) in [4.78, 5) is 49.0. The summed E-state index contributed by atoms with van der Waals surface area (Å²) in [5, 5.41) is 17.0. The second-order valence-corrected chi connectivity index (χ2v) is 30.4. The third kappa shape index (κ3) is 17.3. The minimum atomic E-state index is -1.52. The van der Waals surface area contributed by atoms with Crippen molar-refractivity contribution in [1.29, 1.82) is 0 Å². The van der Waals surface area contributed by atoms with E-state index in [2.05, 4.69) is 55.4 Å². The van der Waals surface area contributed by atoms with Gasteiger partial charge in [-0.1, -0.05) is 256 Å². The topological polar surface area (TPSA) is 115 Å². The highest BCUT2D eigenvalue weighted by atomic mass is 35.5. The number of nitrogens with zero attached hydrogens (tertiary/aromatic N) is 2. The first-order valence-corrected chi connectivity index (χ1v) is 38.5. The molecule has 96 heavy (non-hydrogen) atoms. The van der Waals surface area contributed by atoms with Crippen LogP contribution in [0.3, 0.4) is 0 Å². The number of hydrogen-bond acceptors (Lipinski definition) is 8. The number of unbranched alkanes of at least 4 members (excludes halogenated alkanes) is 20. The van der Waals surface area contributed by atoms with Crippen molar-refractivity contribution in [2.24, 2.45) is 23.7 Å². The molecule has 5 unspecified atom stereocenters. The molecule has 0 radical (unpaired) electrons. The lowest BCUT2D eigenvalue weighted by Crippen LogP contribution is -2.41. The smallest absolute Gasteiger partial charge is 0.266 e. The van der Waals surface area contributed by atoms with E-state index in [-0.39, 0.29) is 48.6 Å². The summed E-state index contributed by atoms with van der Waals surface area (Å²) >= 11 is 30.2. The molecule has 7 aromatic carbocycles. The minimum absolute atomic E-state index is 0.172. The highest BCUT2D eigenvalue weighted by molar-refractivity contribution is 6.56. The maximum absolute atomic E-state index is 15.5. The number of halogens is 4. The van der Waals surface area contributed by atoms with Gasteiger partial charge in [0.05, 0.1) is 48.9 Å². The van der Waals surface area contributed by atoms with Gasteiger partial charge in [0.1, 0.15) is 0 Å². The average molecular weight is 1390 g/mol. The van der Waals surface area contributed by atoms with E-state index in [0.717, 1.165) is 51.4 Å². The van der Waals surface area contributed by atoms with E-state index in [1.807, 2.05) is 32.0 Å². The van der Waals surface area contributed by atoms with Crippen LogP contribution in [0.1, 0.15) is 289 Å². The second kappa shape index (κ2) is 35.7. The summed E-state index contributed by atoms with van der Waals surface area (Å²) in [5.41, 5.74) is 3.15. The number of fused-ring (bicyclic) bond motifs is 2. The Kier molecular flexibility index (Phi) is 27.9. The Labute approximate surface area is 593 Å². The summed E-state index contributed by atoms with van der Waals surface area (Å²) in [6.07, 6.45) is 32.0. The van der Waals surface area contributed by atoms with Crippen molar-refractivity contribution in [1.82, 2.24) is 0 Å². The lowest BCUT2D eigenvalue weighted by atomic mass is 9.81. The Morgan fingerprint density at radius 3 is 1.02 bits per heavy atom. The summed E-state index contributed by atoms with van der Waals surface area (Å²) in [6, 6.07) is 13.9. The number of amides is 3. The molecule has 9 rings (SSSR count). The van der Waals surface area contributed by atoms with Gasteiger partial charge in [0.2, 0.25) is 0 Å². The molecule has 14 heteroatoms. The molecule has 0 saturated heterocycles. The minimum Gasteiger partial charge on any atom is -0.489 e. The third-order valence-electron chi connectivity index (χ3n) is 20.3. The van der Waals surface area contributed by atoms with Gasteiger partial charge in [0.15, 0.2) is 29.2 Å². The van der Waals surface area contributed by atoms with Crippen molar-refractivity contribution in [3.05, 3.63) is 102 Å². The summed E-state index contributed by atoms with van der Waals surface area (Å²) in [7, 11) is 0. The van der Waals surface area contributed by atoms with Gasteiger partial charge in [-0.25, -0.2) is 4.90 Å². The van der Waals surface area contributed by atoms with Gasteiger partial charge in [-0.05, 0) is 111 Å². The molecular formula is C82H108Cl4N2O8. The number of hydrogen-bond donors (Lipinski definition) is 1. The standard InChI is InChI=1S/C82H108Cl4N2O8/c1-11-15-19-23-27-31-35-51(5)47-93-67-39-55(9)65(45-69(67)95-49-53(7)37-33-29-25-21-17-13-3)87-79(89)57-41-61(83)73-75-63(85)43-59-72-60(44-64(86)76(78(72)75)74-62(84)42-58(80(87)90)71(57)77(73)74)82(92)88(81(59)91)66-46-70(96-50-54(8)38-34-30-26-22-18-14-4)68(40-56(66)10)94-48-52(6)36-32-28-24-20-16-12-2/h39-46,51-54,79,89H,11-38,47-50H2,1-10H3. The van der Waals surface area contributed by atoms with E-state index in [1.54, 1.807) is 30.3 Å². The maximum Gasteiger partial charge on any atom is 0.266 e. The van der Waals surface area contributed by atoms with Crippen LogP contribution in [0.2, 0.25) is 20.1 Å². The Morgan fingerprint density at radius 2 is 0.656 bits per heavy atom. The Bertz CT molecular complexity index is 3730. The molecule has 5 atom stereocenters. The van der Waals surface area contributed by atoms with E-state index >= 15 is 14.4 Å². The number of aryl methyl sites for hydroxylation is 2. The highest BCUT2D eigenvalue weighted by Crippen LogP contribution is 2.56. The molecule has 3 amide bonds. The molecule has 0 fully saturated rings. The van der Waals surface area contributed by atoms with Gasteiger partial charge < -0.3 is 24.1 Å². The number of imide groups is 1. The van der Waals surface area contributed by atoms with Gasteiger partial charge >= 0.3 is 0 Å². The first kappa shape index (κ1) is 75.0. The van der Waals surface area contributed by atoms with Gasteiger partial charge in [0.25, 0.3) is 17.7 Å². The third-order valence-corrected chi connectivity index (χ3v) is 21.5. The zero-order chi connectivity index (χ0) is 68.7. The molecule has 522 valence electrons. The number of carbonyl (C=O) groups is 3. The number of aliphatic hydroxyl groups excluding tert-OH is 1. The average Bonchev–Trinajstić information content (AvgIpc) is 0.677. The summed E-state index contributed by atoms with van der Waals surface area (Å²) in [5.74, 6) is 1.64. The van der Waals surface area contributed by atoms with Gasteiger partial charge in [0, 0.05) is 86.4 Å². The zero-order valence-corrected chi connectivity index (χ0v) is 62.4. The first-order valence-electron chi connectivity index (χ1n) is 37.0. The van der Waals surface area contributed by atoms with Crippen LogP contribution >= 0.6 is 46.4 Å². The molecule has 0 aromatic heterocycles. The largest absolute Gasteiger partial charge is 0.489 e. The lowest BCUT2D eigenvalue weighted by molar-refractivity contribution is 0.0871. The molecule has 0 aliphatic carbocycles. The molecule has 0 bridgehead atoms. The van der Waals surface area contributed by atoms with E-state index in [0.29, 0.717) is 132 Å². The van der Waals surface area contributed by atoms with Crippen LogP contribution in [-0.2, 0) is 0 Å². The molecule has 10 nitrogen and oxygen atoms in total. The van der Waals surface area contributed by atoms with Gasteiger partial charge in [-0.15, -0.1) is 0 Å². The number of benzene rings is 7. The van der Waals surface area contributed by atoms with Crippen molar-refractivity contribution < 1.29 is 38.4 Å². The number of anilines is 2. The molecule has 1 N–H and O–H groups in total. The number of rotatable bonds is 42. The van der Waals surface area contributed by atoms with Crippen molar-refractivity contribution in [2.45, 2.75) is 255 Å². The summed E-state index contributed by atoms with van der Waals surface area (Å²) in [6.45, 7) is 23.5. The zero-order valence-electron chi connectivity index (χ0n) is 59.3. The van der Waals surface area contributed by atoms with Crippen LogP contribution in [0.25, 0.3) is 43.1 Å². The fourth-order valence-corrected chi connectivity index (χ4v) is 15.8. The number of aliphatic hydroxyl groups is 1. The molecule has 0 spiro atoms. The Hall–Kier alpha value is -5.23. The van der Waals surface area contributed by atoms with Crippen LogP contribution in [0, 0.1) is 37.5 Å². The van der Waals surface area contributed by atoms with Crippen molar-refractivity contribution in [3.8, 4) is 23.0 Å². The Balaban J connectivity index is 1.06. The van der Waals surface area contributed by atoms with Gasteiger partial charge in [-0.2, -0.15) is 0 Å². The van der Waals surface area contributed by atoms with E-state index in [9.17, 15) is 5.11 Å². The molecule has 7 aromatic rings. The molecular weight excluding hydrogens is 1280 g/mol. The van der Waals surface area contributed by atoms with Crippen LogP contribution in [0.4, 0.5) is 11.4 Å².